The zero-order valence-electron chi connectivity index (χ0n) is 14.2. The van der Waals surface area contributed by atoms with Gasteiger partial charge in [0, 0.05) is 18.7 Å². The molecule has 0 unspecified atom stereocenters. The molecule has 0 aromatic heterocycles. The zero-order chi connectivity index (χ0) is 18.1. The smallest absolute Gasteiger partial charge is 0.257 e. The van der Waals surface area contributed by atoms with E-state index in [2.05, 4.69) is 23.5 Å². The molecule has 1 amide bonds. The van der Waals surface area contributed by atoms with E-state index in [1.165, 1.54) is 5.56 Å². The van der Waals surface area contributed by atoms with Crippen molar-refractivity contribution >= 4 is 23.2 Å². The Hall–Kier alpha value is -2.71. The topological polar surface area (TPSA) is 56.1 Å². The molecule has 0 radical (unpaired) electrons. The highest BCUT2D eigenvalue weighted by atomic mass is 32.1. The normalized spacial score (nSPS) is 9.92. The number of amides is 1. The Morgan fingerprint density at radius 1 is 1.16 bits per heavy atom. The van der Waals surface area contributed by atoms with Crippen LogP contribution in [-0.4, -0.2) is 29.0 Å². The minimum Gasteiger partial charge on any atom is -0.348 e. The van der Waals surface area contributed by atoms with Crippen molar-refractivity contribution in [3.63, 3.8) is 0 Å². The molecular formula is C20H21N3OS. The second kappa shape index (κ2) is 9.55. The number of carbonyl (C=O) groups is 1. The van der Waals surface area contributed by atoms with Gasteiger partial charge in [-0.25, -0.2) is 0 Å². The molecule has 2 rings (SSSR count). The Labute approximate surface area is 154 Å². The highest BCUT2D eigenvalue weighted by Crippen LogP contribution is 2.06. The molecule has 4 nitrogen and oxygen atoms in total. The average Bonchev–Trinajstić information content (AvgIpc) is 2.62. The first-order valence-corrected chi connectivity index (χ1v) is 8.59. The Balaban J connectivity index is 1.99. The van der Waals surface area contributed by atoms with Crippen LogP contribution in [0.2, 0.25) is 0 Å². The standard InChI is InChI=1S/C20H21N3OS/c1-16-7-5-10-18(15-16)19(24)22-20(25)23(13-6-12-21)14-11-17-8-3-2-4-9-17/h2-5,7-10,15H,6,11,13-14H2,1H3,(H,22,24,25). The van der Waals surface area contributed by atoms with Crippen LogP contribution in [0.3, 0.4) is 0 Å². The fraction of sp³-hybridized carbons (Fsp3) is 0.250. The highest BCUT2D eigenvalue weighted by Gasteiger charge is 2.14. The number of benzene rings is 2. The first-order valence-electron chi connectivity index (χ1n) is 8.18. The van der Waals surface area contributed by atoms with Gasteiger partial charge in [0.15, 0.2) is 5.11 Å². The van der Waals surface area contributed by atoms with Crippen molar-refractivity contribution < 1.29 is 4.79 Å². The van der Waals surface area contributed by atoms with Crippen molar-refractivity contribution in [3.05, 3.63) is 71.3 Å². The predicted molar refractivity (Wildman–Crippen MR) is 103 cm³/mol. The molecule has 25 heavy (non-hydrogen) atoms. The molecular weight excluding hydrogens is 330 g/mol. The van der Waals surface area contributed by atoms with E-state index in [0.29, 0.717) is 30.2 Å². The van der Waals surface area contributed by atoms with Crippen LogP contribution in [0, 0.1) is 18.3 Å². The molecule has 0 saturated carbocycles. The van der Waals surface area contributed by atoms with Gasteiger partial charge >= 0.3 is 0 Å². The highest BCUT2D eigenvalue weighted by molar-refractivity contribution is 7.80. The van der Waals surface area contributed by atoms with Gasteiger partial charge in [-0.3, -0.25) is 10.1 Å². The number of carbonyl (C=O) groups excluding carboxylic acids is 1. The summed E-state index contributed by atoms with van der Waals surface area (Å²) in [5.74, 6) is -0.227. The van der Waals surface area contributed by atoms with E-state index in [1.807, 2.05) is 48.2 Å². The van der Waals surface area contributed by atoms with Crippen molar-refractivity contribution in [3.8, 4) is 6.07 Å². The van der Waals surface area contributed by atoms with Crippen molar-refractivity contribution in [2.75, 3.05) is 13.1 Å². The van der Waals surface area contributed by atoms with E-state index in [9.17, 15) is 4.79 Å². The summed E-state index contributed by atoms with van der Waals surface area (Å²) in [6.45, 7) is 3.09. The fourth-order valence-electron chi connectivity index (χ4n) is 2.44. The summed E-state index contributed by atoms with van der Waals surface area (Å²) >= 11 is 5.40. The summed E-state index contributed by atoms with van der Waals surface area (Å²) < 4.78 is 0. The van der Waals surface area contributed by atoms with Gasteiger partial charge in [0.1, 0.15) is 0 Å². The summed E-state index contributed by atoms with van der Waals surface area (Å²) in [5.41, 5.74) is 2.78. The third-order valence-corrected chi connectivity index (χ3v) is 4.15. The van der Waals surface area contributed by atoms with E-state index in [0.717, 1.165) is 12.0 Å². The Kier molecular flexibility index (Phi) is 7.12. The molecule has 1 N–H and O–H groups in total. The lowest BCUT2D eigenvalue weighted by Crippen LogP contribution is -2.44. The lowest BCUT2D eigenvalue weighted by Gasteiger charge is -2.24. The first kappa shape index (κ1) is 18.6. The molecule has 0 aliphatic rings. The fourth-order valence-corrected chi connectivity index (χ4v) is 2.72. The number of hydrogen-bond acceptors (Lipinski definition) is 3. The van der Waals surface area contributed by atoms with Crippen LogP contribution in [0.1, 0.15) is 27.9 Å². The lowest BCUT2D eigenvalue weighted by molar-refractivity contribution is 0.0973. The second-order valence-corrected chi connectivity index (χ2v) is 6.15. The second-order valence-electron chi connectivity index (χ2n) is 5.76. The summed E-state index contributed by atoms with van der Waals surface area (Å²) in [5, 5.41) is 12.0. The maximum absolute atomic E-state index is 12.4. The van der Waals surface area contributed by atoms with Crippen LogP contribution in [-0.2, 0) is 6.42 Å². The van der Waals surface area contributed by atoms with Crippen LogP contribution < -0.4 is 5.32 Å². The molecule has 2 aromatic carbocycles. The third kappa shape index (κ3) is 6.02. The molecule has 0 aliphatic carbocycles. The summed E-state index contributed by atoms with van der Waals surface area (Å²) in [6, 6.07) is 19.6. The van der Waals surface area contributed by atoms with E-state index >= 15 is 0 Å². The summed E-state index contributed by atoms with van der Waals surface area (Å²) in [7, 11) is 0. The molecule has 2 aromatic rings. The van der Waals surface area contributed by atoms with Crippen molar-refractivity contribution in [2.45, 2.75) is 19.8 Å². The molecule has 0 saturated heterocycles. The minimum absolute atomic E-state index is 0.227. The minimum atomic E-state index is -0.227. The monoisotopic (exact) mass is 351 g/mol. The van der Waals surface area contributed by atoms with Gasteiger partial charge in [-0.15, -0.1) is 0 Å². The van der Waals surface area contributed by atoms with Crippen LogP contribution >= 0.6 is 12.2 Å². The lowest BCUT2D eigenvalue weighted by atomic mass is 10.1. The molecule has 128 valence electrons. The number of nitrogens with zero attached hydrogens (tertiary/aromatic N) is 2. The Morgan fingerprint density at radius 3 is 2.60 bits per heavy atom. The van der Waals surface area contributed by atoms with Crippen LogP contribution in [0.15, 0.2) is 54.6 Å². The number of hydrogen-bond donors (Lipinski definition) is 1. The molecule has 0 bridgehead atoms. The zero-order valence-corrected chi connectivity index (χ0v) is 15.1. The van der Waals surface area contributed by atoms with E-state index in [-0.39, 0.29) is 5.91 Å². The molecule has 0 aliphatic heterocycles. The van der Waals surface area contributed by atoms with Crippen molar-refractivity contribution in [1.29, 1.82) is 5.26 Å². The van der Waals surface area contributed by atoms with Gasteiger partial charge in [-0.1, -0.05) is 48.0 Å². The molecule has 0 fully saturated rings. The van der Waals surface area contributed by atoms with E-state index in [1.54, 1.807) is 6.07 Å². The van der Waals surface area contributed by atoms with Gasteiger partial charge in [0.2, 0.25) is 0 Å². The van der Waals surface area contributed by atoms with Crippen LogP contribution in [0.25, 0.3) is 0 Å². The number of aryl methyl sites for hydroxylation is 1. The van der Waals surface area contributed by atoms with Gasteiger partial charge in [-0.2, -0.15) is 5.26 Å². The quantitative estimate of drug-likeness (QED) is 0.810. The first-order chi connectivity index (χ1) is 12.1. The molecule has 0 heterocycles. The van der Waals surface area contributed by atoms with Gasteiger partial charge < -0.3 is 4.90 Å². The molecule has 0 spiro atoms. The Bertz CT molecular complexity index is 768. The maximum Gasteiger partial charge on any atom is 0.257 e. The molecule has 0 atom stereocenters. The number of nitrogens with one attached hydrogen (secondary N) is 1. The van der Waals surface area contributed by atoms with Gasteiger partial charge in [0.25, 0.3) is 5.91 Å². The SMILES string of the molecule is Cc1cccc(C(=O)NC(=S)N(CCC#N)CCc2ccccc2)c1. The third-order valence-electron chi connectivity index (χ3n) is 3.79. The summed E-state index contributed by atoms with van der Waals surface area (Å²) in [4.78, 5) is 14.2. The van der Waals surface area contributed by atoms with Crippen LogP contribution in [0.4, 0.5) is 0 Å². The number of nitriles is 1. The van der Waals surface area contributed by atoms with Crippen molar-refractivity contribution in [1.82, 2.24) is 10.2 Å². The van der Waals surface area contributed by atoms with Gasteiger partial charge in [-0.05, 0) is 43.3 Å². The Morgan fingerprint density at radius 2 is 1.92 bits per heavy atom. The summed E-state index contributed by atoms with van der Waals surface area (Å²) in [6.07, 6.45) is 1.15. The van der Waals surface area contributed by atoms with Crippen molar-refractivity contribution in [2.24, 2.45) is 0 Å². The molecule has 5 heteroatoms. The average molecular weight is 351 g/mol. The van der Waals surface area contributed by atoms with E-state index in [4.69, 9.17) is 17.5 Å². The largest absolute Gasteiger partial charge is 0.348 e. The van der Waals surface area contributed by atoms with Crippen LogP contribution in [0.5, 0.6) is 0 Å². The van der Waals surface area contributed by atoms with Gasteiger partial charge in [0.05, 0.1) is 12.5 Å². The predicted octanol–water partition coefficient (Wildman–Crippen LogP) is 3.47. The van der Waals surface area contributed by atoms with E-state index < -0.39 is 0 Å². The number of thiocarbonyl (C=S) groups is 1. The number of rotatable bonds is 6. The maximum atomic E-state index is 12.4.